The van der Waals surface area contributed by atoms with Crippen LogP contribution in [0.2, 0.25) is 0 Å². The number of aromatic nitrogens is 2. The summed E-state index contributed by atoms with van der Waals surface area (Å²) in [5.41, 5.74) is 5.09. The number of amides is 2. The Balaban J connectivity index is 1.74. The molecule has 9 heteroatoms. The van der Waals surface area contributed by atoms with E-state index in [1.807, 2.05) is 61.5 Å². The smallest absolute Gasteiger partial charge is 0.240 e. The van der Waals surface area contributed by atoms with Gasteiger partial charge >= 0.3 is 0 Å². The summed E-state index contributed by atoms with van der Waals surface area (Å²) in [6, 6.07) is 24.0. The zero-order chi connectivity index (χ0) is 27.4. The summed E-state index contributed by atoms with van der Waals surface area (Å²) >= 11 is 1.45. The Kier molecular flexibility index (Phi) is 8.09. The molecule has 4 aromatic rings. The minimum absolute atomic E-state index is 0.143. The summed E-state index contributed by atoms with van der Waals surface area (Å²) in [5.74, 6) is -0.162. The number of fused-ring (bicyclic) bond motifs is 1. The van der Waals surface area contributed by atoms with Gasteiger partial charge in [0, 0.05) is 24.8 Å². The van der Waals surface area contributed by atoms with Crippen molar-refractivity contribution in [3.05, 3.63) is 101 Å². The van der Waals surface area contributed by atoms with E-state index in [-0.39, 0.29) is 35.2 Å². The van der Waals surface area contributed by atoms with E-state index in [4.69, 9.17) is 9.84 Å². The molecule has 0 aliphatic carbocycles. The van der Waals surface area contributed by atoms with Gasteiger partial charge in [0.25, 0.3) is 0 Å². The van der Waals surface area contributed by atoms with Crippen LogP contribution >= 0.6 is 11.8 Å². The normalized spacial score (nSPS) is 15.1. The third-order valence-electron chi connectivity index (χ3n) is 6.52. The highest BCUT2D eigenvalue weighted by Gasteiger charge is 2.37. The van der Waals surface area contributed by atoms with Crippen LogP contribution in [0.25, 0.3) is 16.9 Å². The molecular formula is C30H29FN4O3S. The second-order valence-electron chi connectivity index (χ2n) is 9.26. The number of carbonyl (C=O) groups excluding carboxylic acids is 2. The molecule has 1 aromatic heterocycles. The van der Waals surface area contributed by atoms with Gasteiger partial charge in [-0.1, -0.05) is 60.2 Å². The van der Waals surface area contributed by atoms with E-state index in [0.717, 1.165) is 27.9 Å². The van der Waals surface area contributed by atoms with Gasteiger partial charge in [-0.15, -0.1) is 11.8 Å². The van der Waals surface area contributed by atoms with Gasteiger partial charge in [0.15, 0.2) is 0 Å². The Morgan fingerprint density at radius 3 is 2.49 bits per heavy atom. The minimum Gasteiger partial charge on any atom is -0.383 e. The molecule has 39 heavy (non-hydrogen) atoms. The number of carbonyl (C=O) groups is 2. The quantitative estimate of drug-likeness (QED) is 0.319. The van der Waals surface area contributed by atoms with E-state index < -0.39 is 0 Å². The molecule has 0 fully saturated rings. The van der Waals surface area contributed by atoms with Crippen LogP contribution in [0, 0.1) is 12.7 Å². The predicted molar refractivity (Wildman–Crippen MR) is 152 cm³/mol. The van der Waals surface area contributed by atoms with Gasteiger partial charge in [-0.05, 0) is 36.8 Å². The Morgan fingerprint density at radius 1 is 1.08 bits per heavy atom. The molecule has 1 atom stereocenters. The lowest BCUT2D eigenvalue weighted by Crippen LogP contribution is -2.43. The van der Waals surface area contributed by atoms with Crippen molar-refractivity contribution in [1.82, 2.24) is 15.1 Å². The van der Waals surface area contributed by atoms with Crippen LogP contribution in [0.4, 0.5) is 10.2 Å². The van der Waals surface area contributed by atoms with Crippen molar-refractivity contribution in [3.63, 3.8) is 0 Å². The number of benzene rings is 3. The van der Waals surface area contributed by atoms with Gasteiger partial charge in [-0.2, -0.15) is 5.10 Å². The van der Waals surface area contributed by atoms with E-state index in [1.165, 1.54) is 28.8 Å². The Morgan fingerprint density at radius 2 is 1.79 bits per heavy atom. The third kappa shape index (κ3) is 5.74. The molecule has 0 spiro atoms. The lowest BCUT2D eigenvalue weighted by Gasteiger charge is -2.23. The van der Waals surface area contributed by atoms with E-state index in [0.29, 0.717) is 24.7 Å². The van der Waals surface area contributed by atoms with Crippen molar-refractivity contribution >= 4 is 29.4 Å². The Labute approximate surface area is 231 Å². The van der Waals surface area contributed by atoms with Gasteiger partial charge in [0.1, 0.15) is 18.2 Å². The summed E-state index contributed by atoms with van der Waals surface area (Å²) in [6.07, 6.45) is 0. The van der Waals surface area contributed by atoms with E-state index >= 15 is 0 Å². The highest BCUT2D eigenvalue weighted by Crippen LogP contribution is 2.48. The number of nitrogens with zero attached hydrogens (tertiary/aromatic N) is 3. The summed E-state index contributed by atoms with van der Waals surface area (Å²) in [4.78, 5) is 28.2. The van der Waals surface area contributed by atoms with Gasteiger partial charge in [-0.25, -0.2) is 9.07 Å². The molecule has 1 aliphatic heterocycles. The fraction of sp³-hybridized carbons (Fsp3) is 0.233. The number of ether oxygens (including phenoxy) is 1. The second-order valence-corrected chi connectivity index (χ2v) is 10.4. The van der Waals surface area contributed by atoms with Crippen molar-refractivity contribution in [2.75, 3.05) is 37.5 Å². The van der Waals surface area contributed by atoms with Gasteiger partial charge < -0.3 is 10.1 Å². The zero-order valence-electron chi connectivity index (χ0n) is 21.8. The fourth-order valence-corrected chi connectivity index (χ4v) is 5.79. The summed E-state index contributed by atoms with van der Waals surface area (Å²) in [7, 11) is 1.56. The topological polar surface area (TPSA) is 76.5 Å². The molecule has 5 rings (SSSR count). The largest absolute Gasteiger partial charge is 0.383 e. The molecule has 1 N–H and O–H groups in total. The first-order valence-electron chi connectivity index (χ1n) is 12.6. The van der Waals surface area contributed by atoms with E-state index in [1.54, 1.807) is 23.9 Å². The highest BCUT2D eigenvalue weighted by atomic mass is 32.2. The number of hydrogen-bond acceptors (Lipinski definition) is 5. The maximum atomic E-state index is 13.9. The number of hydrogen-bond donors (Lipinski definition) is 1. The fourth-order valence-electron chi connectivity index (χ4n) is 4.59. The van der Waals surface area contributed by atoms with Crippen LogP contribution in [-0.4, -0.2) is 54.2 Å². The van der Waals surface area contributed by atoms with E-state index in [9.17, 15) is 14.0 Å². The monoisotopic (exact) mass is 544 g/mol. The van der Waals surface area contributed by atoms with Gasteiger partial charge in [0.05, 0.1) is 29.0 Å². The molecule has 200 valence electrons. The average molecular weight is 545 g/mol. The number of methoxy groups -OCH3 is 1. The summed E-state index contributed by atoms with van der Waals surface area (Å²) in [6.45, 7) is 2.54. The first-order valence-corrected chi connectivity index (χ1v) is 13.7. The van der Waals surface area contributed by atoms with Gasteiger partial charge in [-0.3, -0.25) is 14.5 Å². The third-order valence-corrected chi connectivity index (χ3v) is 7.77. The zero-order valence-corrected chi connectivity index (χ0v) is 22.6. The van der Waals surface area contributed by atoms with Crippen LogP contribution in [0.15, 0.2) is 78.9 Å². The molecule has 0 bridgehead atoms. The van der Waals surface area contributed by atoms with Crippen LogP contribution in [0.5, 0.6) is 0 Å². The average Bonchev–Trinajstić information content (AvgIpc) is 3.27. The number of thioether (sulfide) groups is 1. The first kappa shape index (κ1) is 26.6. The number of rotatable bonds is 8. The second kappa shape index (κ2) is 11.8. The maximum Gasteiger partial charge on any atom is 0.240 e. The van der Waals surface area contributed by atoms with Crippen molar-refractivity contribution < 1.29 is 18.7 Å². The molecule has 1 aliphatic rings. The molecule has 3 aromatic carbocycles. The molecule has 7 nitrogen and oxygen atoms in total. The lowest BCUT2D eigenvalue weighted by molar-refractivity contribution is -0.123. The number of aryl methyl sites for hydroxylation is 1. The van der Waals surface area contributed by atoms with Crippen LogP contribution in [0.3, 0.4) is 0 Å². The molecule has 2 heterocycles. The van der Waals surface area contributed by atoms with Crippen molar-refractivity contribution in [3.8, 4) is 16.9 Å². The highest BCUT2D eigenvalue weighted by molar-refractivity contribution is 8.00. The number of halogens is 1. The number of nitrogens with one attached hydrogen (secondary N) is 1. The molecule has 2 amide bonds. The summed E-state index contributed by atoms with van der Waals surface area (Å²) in [5, 5.41) is 7.55. The predicted octanol–water partition coefficient (Wildman–Crippen LogP) is 4.92. The first-order chi connectivity index (χ1) is 19.0. The maximum absolute atomic E-state index is 13.9. The van der Waals surface area contributed by atoms with Crippen molar-refractivity contribution in [1.29, 1.82) is 0 Å². The lowest BCUT2D eigenvalue weighted by atomic mass is 9.99. The Bertz CT molecular complexity index is 1460. The summed E-state index contributed by atoms with van der Waals surface area (Å²) < 4.78 is 20.7. The van der Waals surface area contributed by atoms with Crippen molar-refractivity contribution in [2.24, 2.45) is 0 Å². The molecule has 1 unspecified atom stereocenters. The van der Waals surface area contributed by atoms with Crippen molar-refractivity contribution in [2.45, 2.75) is 12.2 Å². The molecule has 0 radical (unpaired) electrons. The van der Waals surface area contributed by atoms with E-state index in [2.05, 4.69) is 5.32 Å². The van der Waals surface area contributed by atoms with Gasteiger partial charge in [0.2, 0.25) is 11.8 Å². The van der Waals surface area contributed by atoms with Crippen LogP contribution in [-0.2, 0) is 14.3 Å². The molecule has 0 saturated carbocycles. The number of anilines is 1. The minimum atomic E-state index is -0.332. The standard InChI is InChI=1S/C30H29FN4O3S/c1-20-8-14-24(15-9-20)35-30-27(28(33-35)21-6-4-3-5-7-21)29(22-10-12-23(31)13-11-22)39-19-26(37)34(30)18-25(36)32-16-17-38-2/h3-15,29H,16-19H2,1-2H3,(H,32,36). The SMILES string of the molecule is COCCNC(=O)CN1C(=O)CSC(c2ccc(F)cc2)c2c(-c3ccccc3)nn(-c3ccc(C)cc3)c21. The molecular weight excluding hydrogens is 515 g/mol. The van der Waals surface area contributed by atoms with Crippen LogP contribution in [0.1, 0.15) is 21.9 Å². The molecule has 0 saturated heterocycles. The Hall–Kier alpha value is -3.95. The van der Waals surface area contributed by atoms with Crippen LogP contribution < -0.4 is 10.2 Å².